The molecule has 1 unspecified atom stereocenters. The average Bonchev–Trinajstić information content (AvgIpc) is 2.46. The average molecular weight is 268 g/mol. The Kier molecular flexibility index (Phi) is 4.88. The lowest BCUT2D eigenvalue weighted by Gasteiger charge is -2.44. The van der Waals surface area contributed by atoms with Crippen LogP contribution in [0.2, 0.25) is 0 Å². The molecule has 0 aromatic rings. The first kappa shape index (κ1) is 13.3. The van der Waals surface area contributed by atoms with Crippen molar-refractivity contribution < 1.29 is 0 Å². The maximum absolute atomic E-state index is 3.68. The molecule has 0 aromatic carbocycles. The van der Waals surface area contributed by atoms with Crippen molar-refractivity contribution in [3.63, 3.8) is 0 Å². The van der Waals surface area contributed by atoms with Gasteiger partial charge in [-0.1, -0.05) is 12.8 Å². The van der Waals surface area contributed by atoms with Crippen molar-refractivity contribution in [2.45, 2.75) is 57.0 Å². The molecular weight excluding hydrogens is 240 g/mol. The van der Waals surface area contributed by atoms with Crippen LogP contribution in [0.3, 0.4) is 0 Å². The van der Waals surface area contributed by atoms with Gasteiger partial charge >= 0.3 is 0 Å². The normalized spacial score (nSPS) is 38.3. The van der Waals surface area contributed by atoms with Gasteiger partial charge in [-0.25, -0.2) is 0 Å². The lowest BCUT2D eigenvalue weighted by molar-refractivity contribution is 0.0582. The Bertz CT molecular complexity index is 251. The van der Waals surface area contributed by atoms with Crippen molar-refractivity contribution in [1.82, 2.24) is 10.2 Å². The lowest BCUT2D eigenvalue weighted by atomic mass is 9.78. The molecule has 1 aliphatic carbocycles. The molecule has 18 heavy (non-hydrogen) atoms. The number of thioether (sulfide) groups is 1. The monoisotopic (exact) mass is 268 g/mol. The molecule has 0 aromatic heterocycles. The maximum atomic E-state index is 3.68. The number of piperidine rings is 1. The fourth-order valence-corrected chi connectivity index (χ4v) is 5.13. The standard InChI is InChI=1S/C15H28N2S/c1-2-6-15-13(4-1)5-3-9-17(15)10-7-14-12-18-11-8-16-14/h13-16H,1-12H2/t13-,14?,15-/m1/s1. The van der Waals surface area contributed by atoms with E-state index >= 15 is 0 Å². The van der Waals surface area contributed by atoms with E-state index in [1.807, 2.05) is 0 Å². The third-order valence-corrected chi connectivity index (χ3v) is 6.25. The fraction of sp³-hybridized carbons (Fsp3) is 1.00. The zero-order chi connectivity index (χ0) is 12.2. The molecule has 3 aliphatic rings. The van der Waals surface area contributed by atoms with Gasteiger partial charge in [0.15, 0.2) is 0 Å². The molecule has 1 N–H and O–H groups in total. The minimum Gasteiger partial charge on any atom is -0.312 e. The summed E-state index contributed by atoms with van der Waals surface area (Å²) in [6, 6.07) is 1.73. The van der Waals surface area contributed by atoms with Gasteiger partial charge in [0.2, 0.25) is 0 Å². The molecule has 3 heteroatoms. The zero-order valence-electron chi connectivity index (χ0n) is 11.6. The van der Waals surface area contributed by atoms with E-state index < -0.39 is 0 Å². The highest BCUT2D eigenvalue weighted by molar-refractivity contribution is 7.99. The Morgan fingerprint density at radius 3 is 2.89 bits per heavy atom. The fourth-order valence-electron chi connectivity index (χ4n) is 4.13. The number of hydrogen-bond donors (Lipinski definition) is 1. The van der Waals surface area contributed by atoms with Crippen molar-refractivity contribution in [3.05, 3.63) is 0 Å². The van der Waals surface area contributed by atoms with Crippen LogP contribution in [-0.4, -0.2) is 48.1 Å². The second kappa shape index (κ2) is 6.62. The highest BCUT2D eigenvalue weighted by atomic mass is 32.2. The van der Waals surface area contributed by atoms with E-state index in [1.54, 1.807) is 0 Å². The molecule has 3 atom stereocenters. The summed E-state index contributed by atoms with van der Waals surface area (Å²) in [4.78, 5) is 2.84. The largest absolute Gasteiger partial charge is 0.312 e. The van der Waals surface area contributed by atoms with Crippen molar-refractivity contribution in [3.8, 4) is 0 Å². The molecule has 0 amide bonds. The van der Waals surface area contributed by atoms with E-state index in [1.165, 1.54) is 76.1 Å². The van der Waals surface area contributed by atoms with Crippen LogP contribution in [0.25, 0.3) is 0 Å². The van der Waals surface area contributed by atoms with E-state index in [2.05, 4.69) is 22.0 Å². The molecule has 1 saturated carbocycles. The molecule has 0 radical (unpaired) electrons. The van der Waals surface area contributed by atoms with Gasteiger partial charge < -0.3 is 10.2 Å². The van der Waals surface area contributed by atoms with E-state index in [0.29, 0.717) is 0 Å². The van der Waals surface area contributed by atoms with Crippen LogP contribution in [0.5, 0.6) is 0 Å². The van der Waals surface area contributed by atoms with Crippen molar-refractivity contribution in [1.29, 1.82) is 0 Å². The highest BCUT2D eigenvalue weighted by Gasteiger charge is 2.33. The summed E-state index contributed by atoms with van der Waals surface area (Å²) >= 11 is 2.13. The van der Waals surface area contributed by atoms with Gasteiger partial charge in [0.25, 0.3) is 0 Å². The Morgan fingerprint density at radius 2 is 2.00 bits per heavy atom. The van der Waals surface area contributed by atoms with E-state index in [0.717, 1.165) is 18.0 Å². The number of rotatable bonds is 3. The number of hydrogen-bond acceptors (Lipinski definition) is 3. The van der Waals surface area contributed by atoms with E-state index in [9.17, 15) is 0 Å². The topological polar surface area (TPSA) is 15.3 Å². The summed E-state index contributed by atoms with van der Waals surface area (Å²) in [6.07, 6.45) is 10.3. The first-order valence-corrected chi connectivity index (χ1v) is 9.14. The zero-order valence-corrected chi connectivity index (χ0v) is 12.4. The smallest absolute Gasteiger partial charge is 0.0170 e. The van der Waals surface area contributed by atoms with Gasteiger partial charge in [0.05, 0.1) is 0 Å². The van der Waals surface area contributed by atoms with Gasteiger partial charge in [-0.05, 0) is 51.1 Å². The SMILES string of the molecule is C1CC[C@@H]2[C@H](C1)CCCN2CCC1CSCCN1. The molecule has 2 aliphatic heterocycles. The van der Waals surface area contributed by atoms with Crippen LogP contribution in [0.15, 0.2) is 0 Å². The van der Waals surface area contributed by atoms with Crippen LogP contribution in [0, 0.1) is 5.92 Å². The van der Waals surface area contributed by atoms with E-state index in [-0.39, 0.29) is 0 Å². The summed E-state index contributed by atoms with van der Waals surface area (Å²) in [6.45, 7) is 3.95. The quantitative estimate of drug-likeness (QED) is 0.847. The number of fused-ring (bicyclic) bond motifs is 1. The molecule has 2 heterocycles. The van der Waals surface area contributed by atoms with Crippen molar-refractivity contribution >= 4 is 11.8 Å². The summed E-state index contributed by atoms with van der Waals surface area (Å²) in [7, 11) is 0. The number of likely N-dealkylation sites (tertiary alicyclic amines) is 1. The van der Waals surface area contributed by atoms with Crippen LogP contribution in [0.1, 0.15) is 44.9 Å². The molecule has 2 nitrogen and oxygen atoms in total. The van der Waals surface area contributed by atoms with E-state index in [4.69, 9.17) is 0 Å². The first-order valence-electron chi connectivity index (χ1n) is 7.98. The molecule has 0 bridgehead atoms. The van der Waals surface area contributed by atoms with Crippen molar-refractivity contribution in [2.24, 2.45) is 5.92 Å². The van der Waals surface area contributed by atoms with Crippen LogP contribution in [0.4, 0.5) is 0 Å². The van der Waals surface area contributed by atoms with Gasteiger partial charge in [-0.3, -0.25) is 0 Å². The lowest BCUT2D eigenvalue weighted by Crippen LogP contribution is -2.49. The molecular formula is C15H28N2S. The van der Waals surface area contributed by atoms with Crippen LogP contribution < -0.4 is 5.32 Å². The Hall–Kier alpha value is 0.270. The highest BCUT2D eigenvalue weighted by Crippen LogP contribution is 2.35. The Balaban J connectivity index is 1.48. The molecule has 3 fully saturated rings. The first-order chi connectivity index (χ1) is 8.93. The van der Waals surface area contributed by atoms with Crippen LogP contribution in [-0.2, 0) is 0 Å². The third-order valence-electron chi connectivity index (χ3n) is 5.12. The summed E-state index contributed by atoms with van der Waals surface area (Å²) < 4.78 is 0. The molecule has 2 saturated heterocycles. The van der Waals surface area contributed by atoms with Crippen molar-refractivity contribution in [2.75, 3.05) is 31.1 Å². The predicted molar refractivity (Wildman–Crippen MR) is 80.3 cm³/mol. The van der Waals surface area contributed by atoms with Crippen LogP contribution >= 0.6 is 11.8 Å². The summed E-state index contributed by atoms with van der Waals surface area (Å²) in [5, 5.41) is 3.68. The maximum Gasteiger partial charge on any atom is 0.0170 e. The summed E-state index contributed by atoms with van der Waals surface area (Å²) in [5.41, 5.74) is 0. The van der Waals surface area contributed by atoms with Gasteiger partial charge in [-0.2, -0.15) is 11.8 Å². The Morgan fingerprint density at radius 1 is 1.11 bits per heavy atom. The number of nitrogens with one attached hydrogen (secondary N) is 1. The second-order valence-electron chi connectivity index (χ2n) is 6.30. The minimum atomic E-state index is 0.785. The third kappa shape index (κ3) is 3.23. The molecule has 104 valence electrons. The number of nitrogens with zero attached hydrogens (tertiary/aromatic N) is 1. The van der Waals surface area contributed by atoms with Gasteiger partial charge in [-0.15, -0.1) is 0 Å². The second-order valence-corrected chi connectivity index (χ2v) is 7.45. The minimum absolute atomic E-state index is 0.785. The summed E-state index contributed by atoms with van der Waals surface area (Å²) in [5.74, 6) is 3.69. The predicted octanol–water partition coefficient (Wildman–Crippen LogP) is 2.74. The Labute approximate surface area is 116 Å². The molecule has 0 spiro atoms. The van der Waals surface area contributed by atoms with Gasteiger partial charge in [0, 0.05) is 30.1 Å². The van der Waals surface area contributed by atoms with Gasteiger partial charge in [0.1, 0.15) is 0 Å². The molecule has 3 rings (SSSR count).